The molecule has 6 rings (SSSR count). The van der Waals surface area contributed by atoms with Crippen LogP contribution in [0.4, 0.5) is 0 Å². The number of carbonyl (C=O) groups excluding carboxylic acids is 3. The van der Waals surface area contributed by atoms with Crippen LogP contribution in [0.25, 0.3) is 0 Å². The summed E-state index contributed by atoms with van der Waals surface area (Å²) in [5.74, 6) is -0.325. The molecule has 3 aliphatic rings. The van der Waals surface area contributed by atoms with Crippen molar-refractivity contribution in [3.63, 3.8) is 0 Å². The average molecular weight is 712 g/mol. The molecule has 3 aromatic carbocycles. The van der Waals surface area contributed by atoms with E-state index < -0.39 is 23.6 Å². The average Bonchev–Trinajstić information content (AvgIpc) is 3.75. The fourth-order valence-electron chi connectivity index (χ4n) is 7.60. The van der Waals surface area contributed by atoms with E-state index in [2.05, 4.69) is 10.6 Å². The first kappa shape index (κ1) is 34.7. The SMILES string of the molecule is O=C(NCC1CCNCC1)[C@H]1CCCN1C(=O)[C@@H]1C[C@@H](O)CN1C(=O)CC(c1ccc(Cl)cc1)(c1ccc(Cl)cc1)c1ccc(Cl)cc1. The zero-order valence-corrected chi connectivity index (χ0v) is 29.0. The molecule has 3 aliphatic heterocycles. The van der Waals surface area contributed by atoms with E-state index in [9.17, 15) is 19.5 Å². The Morgan fingerprint density at radius 1 is 0.771 bits per heavy atom. The zero-order chi connectivity index (χ0) is 33.8. The van der Waals surface area contributed by atoms with Crippen molar-refractivity contribution < 1.29 is 19.5 Å². The van der Waals surface area contributed by atoms with Gasteiger partial charge in [0.2, 0.25) is 17.7 Å². The number of benzene rings is 3. The van der Waals surface area contributed by atoms with Crippen LogP contribution in [0.15, 0.2) is 72.8 Å². The molecule has 48 heavy (non-hydrogen) atoms. The Labute approximate surface area is 296 Å². The first-order chi connectivity index (χ1) is 23.2. The Hall–Kier alpha value is -3.14. The number of hydrogen-bond donors (Lipinski definition) is 3. The Kier molecular flexibility index (Phi) is 11.0. The highest BCUT2D eigenvalue weighted by molar-refractivity contribution is 6.31. The van der Waals surface area contributed by atoms with E-state index in [4.69, 9.17) is 34.8 Å². The van der Waals surface area contributed by atoms with Crippen LogP contribution in [0.5, 0.6) is 0 Å². The molecular formula is C37H41Cl3N4O4. The number of amides is 3. The molecule has 3 atom stereocenters. The van der Waals surface area contributed by atoms with Gasteiger partial charge in [-0.05, 0) is 97.8 Å². The van der Waals surface area contributed by atoms with E-state index in [-0.39, 0.29) is 37.1 Å². The van der Waals surface area contributed by atoms with Crippen molar-refractivity contribution in [2.75, 3.05) is 32.7 Å². The van der Waals surface area contributed by atoms with Crippen LogP contribution >= 0.6 is 34.8 Å². The predicted octanol–water partition coefficient (Wildman–Crippen LogP) is 5.44. The number of β-amino-alcohol motifs (C(OH)–C–C–N with tert-alkyl or cyclic N) is 1. The van der Waals surface area contributed by atoms with Crippen molar-refractivity contribution in [1.29, 1.82) is 0 Å². The molecule has 0 saturated carbocycles. The third kappa shape index (κ3) is 7.38. The Balaban J connectivity index is 1.30. The summed E-state index contributed by atoms with van der Waals surface area (Å²) in [5, 5.41) is 19.0. The van der Waals surface area contributed by atoms with Crippen molar-refractivity contribution in [3.05, 3.63) is 105 Å². The normalized spacial score (nSPS) is 21.8. The lowest BCUT2D eigenvalue weighted by Gasteiger charge is -2.38. The van der Waals surface area contributed by atoms with E-state index in [1.165, 1.54) is 4.90 Å². The maximum Gasteiger partial charge on any atom is 0.246 e. The van der Waals surface area contributed by atoms with E-state index >= 15 is 0 Å². The van der Waals surface area contributed by atoms with Crippen LogP contribution in [0.3, 0.4) is 0 Å². The van der Waals surface area contributed by atoms with Crippen LogP contribution in [0, 0.1) is 5.92 Å². The van der Waals surface area contributed by atoms with Gasteiger partial charge in [0.05, 0.1) is 11.5 Å². The number of piperidine rings is 1. The highest BCUT2D eigenvalue weighted by Crippen LogP contribution is 2.44. The van der Waals surface area contributed by atoms with Gasteiger partial charge >= 0.3 is 0 Å². The molecule has 3 N–H and O–H groups in total. The molecule has 0 spiro atoms. The summed E-state index contributed by atoms with van der Waals surface area (Å²) in [6.07, 6.45) is 2.48. The summed E-state index contributed by atoms with van der Waals surface area (Å²) < 4.78 is 0. The number of aliphatic hydroxyl groups is 1. The molecule has 0 aliphatic carbocycles. The number of likely N-dealkylation sites (tertiary alicyclic amines) is 2. The molecule has 8 nitrogen and oxygen atoms in total. The molecule has 3 heterocycles. The minimum absolute atomic E-state index is 0.0214. The summed E-state index contributed by atoms with van der Waals surface area (Å²) in [5.41, 5.74) is 1.44. The largest absolute Gasteiger partial charge is 0.391 e. The second-order valence-electron chi connectivity index (χ2n) is 13.2. The van der Waals surface area contributed by atoms with Gasteiger partial charge in [0.15, 0.2) is 0 Å². The Morgan fingerprint density at radius 2 is 1.29 bits per heavy atom. The summed E-state index contributed by atoms with van der Waals surface area (Å²) in [6, 6.07) is 20.7. The van der Waals surface area contributed by atoms with Crippen LogP contribution in [-0.2, 0) is 19.8 Å². The van der Waals surface area contributed by atoms with Gasteiger partial charge in [0.25, 0.3) is 0 Å². The number of aliphatic hydroxyl groups excluding tert-OH is 1. The highest BCUT2D eigenvalue weighted by atomic mass is 35.5. The lowest BCUT2D eigenvalue weighted by Crippen LogP contribution is -2.54. The molecule has 3 amide bonds. The second-order valence-corrected chi connectivity index (χ2v) is 14.5. The van der Waals surface area contributed by atoms with Crippen LogP contribution in [0.1, 0.15) is 55.2 Å². The number of carbonyl (C=O) groups is 3. The summed E-state index contributed by atoms with van der Waals surface area (Å²) >= 11 is 19.0. The summed E-state index contributed by atoms with van der Waals surface area (Å²) in [7, 11) is 0. The third-order valence-electron chi connectivity index (χ3n) is 10.2. The van der Waals surface area contributed by atoms with E-state index in [0.29, 0.717) is 46.9 Å². The van der Waals surface area contributed by atoms with Crippen molar-refractivity contribution in [1.82, 2.24) is 20.4 Å². The number of halogens is 3. The van der Waals surface area contributed by atoms with Crippen molar-refractivity contribution >= 4 is 52.5 Å². The van der Waals surface area contributed by atoms with Gasteiger partial charge in [-0.1, -0.05) is 71.2 Å². The summed E-state index contributed by atoms with van der Waals surface area (Å²) in [4.78, 5) is 45.3. The first-order valence-electron chi connectivity index (χ1n) is 16.7. The van der Waals surface area contributed by atoms with Crippen molar-refractivity contribution in [2.45, 2.75) is 62.1 Å². The fraction of sp³-hybridized carbons (Fsp3) is 0.432. The first-order valence-corrected chi connectivity index (χ1v) is 17.8. The summed E-state index contributed by atoms with van der Waals surface area (Å²) in [6.45, 7) is 2.93. The smallest absolute Gasteiger partial charge is 0.246 e. The Morgan fingerprint density at radius 3 is 1.81 bits per heavy atom. The van der Waals surface area contributed by atoms with E-state index in [1.807, 2.05) is 36.4 Å². The van der Waals surface area contributed by atoms with Crippen LogP contribution in [-0.4, -0.2) is 83.5 Å². The van der Waals surface area contributed by atoms with Gasteiger partial charge in [-0.2, -0.15) is 0 Å². The second kappa shape index (κ2) is 15.2. The molecule has 254 valence electrons. The molecule has 3 saturated heterocycles. The molecule has 11 heteroatoms. The Bertz CT molecular complexity index is 1490. The molecule has 0 unspecified atom stereocenters. The van der Waals surface area contributed by atoms with Crippen molar-refractivity contribution in [2.24, 2.45) is 5.92 Å². The van der Waals surface area contributed by atoms with Crippen LogP contribution in [0.2, 0.25) is 15.1 Å². The number of hydrogen-bond acceptors (Lipinski definition) is 5. The molecule has 3 aromatic rings. The van der Waals surface area contributed by atoms with E-state index in [1.54, 1.807) is 41.3 Å². The minimum Gasteiger partial charge on any atom is -0.391 e. The minimum atomic E-state index is -1.01. The molecule has 0 radical (unpaired) electrons. The molecule has 3 fully saturated rings. The molecule has 0 aromatic heterocycles. The fourth-order valence-corrected chi connectivity index (χ4v) is 7.98. The predicted molar refractivity (Wildman–Crippen MR) is 188 cm³/mol. The number of nitrogens with zero attached hydrogens (tertiary/aromatic N) is 2. The van der Waals surface area contributed by atoms with Gasteiger partial charge in [-0.15, -0.1) is 0 Å². The molecule has 0 bridgehead atoms. The molecular weight excluding hydrogens is 671 g/mol. The monoisotopic (exact) mass is 710 g/mol. The van der Waals surface area contributed by atoms with Gasteiger partial charge in [-0.25, -0.2) is 0 Å². The zero-order valence-electron chi connectivity index (χ0n) is 26.7. The van der Waals surface area contributed by atoms with Gasteiger partial charge in [0.1, 0.15) is 12.1 Å². The quantitative estimate of drug-likeness (QED) is 0.257. The lowest BCUT2D eigenvalue weighted by molar-refractivity contribution is -0.146. The number of rotatable bonds is 9. The topological polar surface area (TPSA) is 102 Å². The number of nitrogens with one attached hydrogen (secondary N) is 2. The third-order valence-corrected chi connectivity index (χ3v) is 10.9. The van der Waals surface area contributed by atoms with Crippen molar-refractivity contribution in [3.8, 4) is 0 Å². The standard InChI is InChI=1S/C37H41Cl3N4O4/c38-28-9-3-25(4-10-28)37(26-5-11-29(39)12-6-26,27-7-13-30(40)14-8-27)21-34(46)44-23-31(45)20-33(44)36(48)43-19-1-2-32(43)35(47)42-22-24-15-17-41-18-16-24/h3-14,24,31-33,41,45H,1-2,15-23H2,(H,42,47)/t31-,32-,33+/m1/s1. The van der Waals surface area contributed by atoms with Gasteiger partial charge in [0, 0.05) is 47.5 Å². The lowest BCUT2D eigenvalue weighted by atomic mass is 9.67. The highest BCUT2D eigenvalue weighted by Gasteiger charge is 2.47. The maximum absolute atomic E-state index is 14.6. The van der Waals surface area contributed by atoms with Gasteiger partial charge < -0.3 is 25.5 Å². The maximum atomic E-state index is 14.6. The van der Waals surface area contributed by atoms with Gasteiger partial charge in [-0.3, -0.25) is 14.4 Å². The van der Waals surface area contributed by atoms with E-state index in [0.717, 1.165) is 42.6 Å². The van der Waals surface area contributed by atoms with Crippen LogP contribution < -0.4 is 10.6 Å².